The van der Waals surface area contributed by atoms with Crippen LogP contribution in [0.5, 0.6) is 5.75 Å². The Labute approximate surface area is 287 Å². The van der Waals surface area contributed by atoms with Crippen LogP contribution in [0.3, 0.4) is 0 Å². The monoisotopic (exact) mass is 780 g/mol. The number of imidazole rings is 1. The van der Waals surface area contributed by atoms with Gasteiger partial charge in [0, 0.05) is 0 Å². The highest BCUT2D eigenvalue weighted by molar-refractivity contribution is 7.68. The summed E-state index contributed by atoms with van der Waals surface area (Å²) in [6, 6.07) is 14.1. The topological polar surface area (TPSA) is 266 Å². The Hall–Kier alpha value is -3.35. The van der Waals surface area contributed by atoms with Crippen molar-refractivity contribution in [3.8, 4) is 5.75 Å². The summed E-state index contributed by atoms with van der Waals surface area (Å²) in [7, 11) is -16.6. The highest BCUT2D eigenvalue weighted by atomic mass is 35.5. The number of halogens is 2. The van der Waals surface area contributed by atoms with Crippen LogP contribution in [0.1, 0.15) is 18.7 Å². The molecule has 0 bridgehead atoms. The second-order valence-corrected chi connectivity index (χ2v) is 15.7. The van der Waals surface area contributed by atoms with Gasteiger partial charge in [-0.1, -0.05) is 48.5 Å². The van der Waals surface area contributed by atoms with Crippen molar-refractivity contribution in [2.45, 2.75) is 44.2 Å². The van der Waals surface area contributed by atoms with Gasteiger partial charge in [0.25, 0.3) is 0 Å². The number of aliphatic hydroxyl groups is 1. The normalized spacial score (nSPS) is 23.4. The van der Waals surface area contributed by atoms with Crippen LogP contribution in [0.25, 0.3) is 11.2 Å². The van der Waals surface area contributed by atoms with E-state index in [1.807, 2.05) is 0 Å². The van der Waals surface area contributed by atoms with E-state index in [1.54, 1.807) is 36.4 Å². The average Bonchev–Trinajstić information content (AvgIpc) is 3.58. The number of esters is 1. The van der Waals surface area contributed by atoms with Gasteiger partial charge in [-0.3, -0.25) is 13.9 Å². The predicted octanol–water partition coefficient (Wildman–Crippen LogP) is 3.82. The Morgan fingerprint density at radius 1 is 1.08 bits per heavy atom. The van der Waals surface area contributed by atoms with Crippen molar-refractivity contribution in [3.05, 3.63) is 77.8 Å². The van der Waals surface area contributed by atoms with Crippen molar-refractivity contribution in [2.75, 3.05) is 12.3 Å². The standard InChI is InChI=1S/C26H29ClFN6O13P3/c1-15(25(36)42-12-16-8-4-2-5-9-16)33-48(37,45-17-10-6-3-7-11-17)46-50(40,41)47-49(38,39)43-13-18-21(35)19(28)24(44-18)34-14-30-20-22(29)31-26(27)32-23(20)34/h2-11,14-15,18-19,21,24,35H,12-13H2,1H3,(H,33,37)(H,38,39)(H,40,41)(H2,29,31,32)/t15-,18+,19?,21?,24+,48?/m0/s1. The fourth-order valence-electron chi connectivity index (χ4n) is 4.46. The zero-order valence-electron chi connectivity index (χ0n) is 25.5. The highest BCUT2D eigenvalue weighted by Crippen LogP contribution is 2.67. The maximum atomic E-state index is 15.1. The third-order valence-electron chi connectivity index (χ3n) is 6.71. The number of carbonyl (C=O) groups is 1. The van der Waals surface area contributed by atoms with Crippen molar-refractivity contribution < 1.29 is 64.9 Å². The first kappa shape index (κ1) is 37.9. The molecular weight excluding hydrogens is 752 g/mol. The molecule has 270 valence electrons. The molecule has 1 aliphatic heterocycles. The number of benzene rings is 2. The van der Waals surface area contributed by atoms with Gasteiger partial charge in [-0.15, -0.1) is 0 Å². The molecule has 0 aliphatic carbocycles. The Balaban J connectivity index is 1.24. The first-order valence-corrected chi connectivity index (χ1v) is 19.1. The Kier molecular flexibility index (Phi) is 11.7. The number of nitrogens with zero attached hydrogens (tertiary/aromatic N) is 4. The lowest BCUT2D eigenvalue weighted by Crippen LogP contribution is -2.34. The molecule has 0 spiro atoms. The number of phosphoric acid groups is 2. The summed E-state index contributed by atoms with van der Waals surface area (Å²) in [5.41, 5.74) is 6.39. The number of aliphatic hydroxyl groups excluding tert-OH is 1. The average molecular weight is 781 g/mol. The van der Waals surface area contributed by atoms with E-state index in [9.17, 15) is 33.4 Å². The Morgan fingerprint density at radius 2 is 1.74 bits per heavy atom. The predicted molar refractivity (Wildman–Crippen MR) is 171 cm³/mol. The minimum atomic E-state index is -5.87. The van der Waals surface area contributed by atoms with Crippen LogP contribution in [-0.2, 0) is 47.7 Å². The van der Waals surface area contributed by atoms with Gasteiger partial charge in [0.05, 0.1) is 12.9 Å². The van der Waals surface area contributed by atoms with Crippen molar-refractivity contribution in [2.24, 2.45) is 0 Å². The first-order chi connectivity index (χ1) is 23.5. The fraction of sp³-hybridized carbons (Fsp3) is 0.308. The SMILES string of the molecule is C[C@H](NP(=O)(Oc1ccccc1)OP(=O)(O)OP(=O)(O)OC[C@H]1O[C@@H](n2cnc3c(N)nc(Cl)nc32)C(F)C1O)C(=O)OCc1ccccc1. The number of rotatable bonds is 15. The van der Waals surface area contributed by atoms with Gasteiger partial charge in [-0.05, 0) is 36.2 Å². The van der Waals surface area contributed by atoms with E-state index in [0.717, 1.165) is 10.9 Å². The van der Waals surface area contributed by atoms with E-state index in [-0.39, 0.29) is 34.6 Å². The smallest absolute Gasteiger partial charge is 0.460 e. The molecule has 1 aliphatic rings. The molecule has 6 N–H and O–H groups in total. The Morgan fingerprint density at radius 3 is 2.42 bits per heavy atom. The molecule has 8 atom stereocenters. The molecular formula is C26H29ClFN6O13P3. The number of carbonyl (C=O) groups excluding carboxylic acids is 1. The molecule has 24 heteroatoms. The number of nitrogen functional groups attached to an aromatic ring is 1. The lowest BCUT2D eigenvalue weighted by Gasteiger charge is -2.25. The third kappa shape index (κ3) is 9.50. The quantitative estimate of drug-likeness (QED) is 0.0652. The summed E-state index contributed by atoms with van der Waals surface area (Å²) in [5, 5.41) is 12.3. The van der Waals surface area contributed by atoms with Crippen LogP contribution >= 0.6 is 35.0 Å². The molecule has 4 aromatic rings. The summed E-state index contributed by atoms with van der Waals surface area (Å²) >= 11 is 5.84. The number of phosphoric ester groups is 1. The molecule has 3 heterocycles. The zero-order valence-corrected chi connectivity index (χ0v) is 29.0. The molecule has 2 aromatic carbocycles. The Bertz CT molecular complexity index is 1970. The number of anilines is 1. The summed E-state index contributed by atoms with van der Waals surface area (Å²) in [5.74, 6) is -1.25. The second-order valence-electron chi connectivity index (χ2n) is 10.4. The van der Waals surface area contributed by atoms with Crippen molar-refractivity contribution in [1.29, 1.82) is 0 Å². The van der Waals surface area contributed by atoms with E-state index in [4.69, 9.17) is 40.2 Å². The van der Waals surface area contributed by atoms with Crippen LogP contribution in [0.4, 0.5) is 10.2 Å². The molecule has 0 saturated carbocycles. The van der Waals surface area contributed by atoms with Crippen molar-refractivity contribution in [3.63, 3.8) is 0 Å². The number of aromatic nitrogens is 4. The van der Waals surface area contributed by atoms with Gasteiger partial charge < -0.3 is 34.6 Å². The number of nitrogens with two attached hydrogens (primary N) is 1. The van der Waals surface area contributed by atoms with E-state index in [0.29, 0.717) is 5.56 Å². The van der Waals surface area contributed by atoms with Gasteiger partial charge >= 0.3 is 29.4 Å². The number of hydrogen-bond donors (Lipinski definition) is 5. The van der Waals surface area contributed by atoms with E-state index in [2.05, 4.69) is 24.3 Å². The van der Waals surface area contributed by atoms with Crippen LogP contribution in [0.15, 0.2) is 67.0 Å². The van der Waals surface area contributed by atoms with Gasteiger partial charge in [0.2, 0.25) is 5.28 Å². The molecule has 5 unspecified atom stereocenters. The van der Waals surface area contributed by atoms with E-state index >= 15 is 4.39 Å². The highest BCUT2D eigenvalue weighted by Gasteiger charge is 2.49. The number of fused-ring (bicyclic) bond motifs is 1. The molecule has 1 saturated heterocycles. The van der Waals surface area contributed by atoms with Crippen LogP contribution < -0.4 is 15.3 Å². The largest absolute Gasteiger partial charge is 0.490 e. The van der Waals surface area contributed by atoms with Crippen molar-refractivity contribution in [1.82, 2.24) is 24.6 Å². The minimum absolute atomic E-state index is 0.0482. The molecule has 0 amide bonds. The van der Waals surface area contributed by atoms with Crippen LogP contribution in [0.2, 0.25) is 5.28 Å². The number of nitrogens with one attached hydrogen (secondary N) is 1. The third-order valence-corrected chi connectivity index (χ3v) is 11.8. The molecule has 1 fully saturated rings. The lowest BCUT2D eigenvalue weighted by molar-refractivity contribution is -0.146. The van der Waals surface area contributed by atoms with Gasteiger partial charge in [-0.25, -0.2) is 23.1 Å². The van der Waals surface area contributed by atoms with Gasteiger partial charge in [0.1, 0.15) is 36.1 Å². The summed E-state index contributed by atoms with van der Waals surface area (Å²) in [4.78, 5) is 44.9. The van der Waals surface area contributed by atoms with E-state index < -0.39 is 66.6 Å². The van der Waals surface area contributed by atoms with Crippen LogP contribution in [0, 0.1) is 0 Å². The summed E-state index contributed by atoms with van der Waals surface area (Å²) in [6.07, 6.45) is -6.30. The molecule has 19 nitrogen and oxygen atoms in total. The van der Waals surface area contributed by atoms with Crippen molar-refractivity contribution >= 4 is 57.9 Å². The second kappa shape index (κ2) is 15.5. The lowest BCUT2D eigenvalue weighted by atomic mass is 10.1. The van der Waals surface area contributed by atoms with Gasteiger partial charge in [0.15, 0.2) is 23.9 Å². The summed E-state index contributed by atoms with van der Waals surface area (Å²) < 4.78 is 85.1. The van der Waals surface area contributed by atoms with Gasteiger partial charge in [-0.2, -0.15) is 23.7 Å². The summed E-state index contributed by atoms with van der Waals surface area (Å²) in [6.45, 7) is -0.0536. The number of alkyl halides is 1. The number of ether oxygens (including phenoxy) is 2. The first-order valence-electron chi connectivity index (χ1n) is 14.2. The molecule has 0 radical (unpaired) electrons. The molecule has 5 rings (SSSR count). The zero-order chi connectivity index (χ0) is 36.3. The fourth-order valence-corrected chi connectivity index (χ4v) is 9.03. The maximum absolute atomic E-state index is 15.1. The van der Waals surface area contributed by atoms with E-state index in [1.165, 1.54) is 31.2 Å². The van der Waals surface area contributed by atoms with Crippen LogP contribution in [-0.4, -0.2) is 71.4 Å². The molecule has 2 aromatic heterocycles. The maximum Gasteiger partial charge on any atom is 0.490 e. The molecule has 50 heavy (non-hydrogen) atoms. The number of hydrogen-bond acceptors (Lipinski definition) is 15. The number of para-hydroxylation sites is 1. The minimum Gasteiger partial charge on any atom is -0.460 e.